The molecule has 0 bridgehead atoms. The third kappa shape index (κ3) is 2.16. The van der Waals surface area contributed by atoms with Gasteiger partial charge in [0.1, 0.15) is 17.6 Å². The first-order valence-electron chi connectivity index (χ1n) is 7.78. The molecular weight excluding hydrogens is 250 g/mol. The van der Waals surface area contributed by atoms with Gasteiger partial charge in [-0.2, -0.15) is 5.26 Å². The van der Waals surface area contributed by atoms with E-state index in [-0.39, 0.29) is 0 Å². The van der Waals surface area contributed by atoms with Gasteiger partial charge in [0.25, 0.3) is 0 Å². The van der Waals surface area contributed by atoms with Crippen LogP contribution in [0, 0.1) is 28.6 Å². The second-order valence-corrected chi connectivity index (χ2v) is 6.75. The van der Waals surface area contributed by atoms with Gasteiger partial charge in [0.15, 0.2) is 0 Å². The molecule has 3 heteroatoms. The molecule has 1 N–H and O–H groups in total. The Morgan fingerprint density at radius 3 is 2.85 bits per heavy atom. The first-order chi connectivity index (χ1) is 9.59. The fourth-order valence-corrected chi connectivity index (χ4v) is 3.65. The number of rotatable bonds is 4. The summed E-state index contributed by atoms with van der Waals surface area (Å²) in [6.45, 7) is 4.37. The van der Waals surface area contributed by atoms with E-state index in [1.54, 1.807) is 0 Å². The van der Waals surface area contributed by atoms with Gasteiger partial charge in [0.2, 0.25) is 0 Å². The Morgan fingerprint density at radius 1 is 1.55 bits per heavy atom. The highest BCUT2D eigenvalue weighted by Gasteiger charge is 2.47. The highest BCUT2D eigenvalue weighted by molar-refractivity contribution is 5.22. The van der Waals surface area contributed by atoms with Crippen LogP contribution in [0.5, 0.6) is 0 Å². The molecule has 2 fully saturated rings. The van der Waals surface area contributed by atoms with Crippen molar-refractivity contribution in [1.29, 1.82) is 5.26 Å². The zero-order valence-corrected chi connectivity index (χ0v) is 12.3. The number of nitrogens with zero attached hydrogens (tertiary/aromatic N) is 1. The van der Waals surface area contributed by atoms with Crippen molar-refractivity contribution in [1.82, 2.24) is 0 Å². The van der Waals surface area contributed by atoms with Gasteiger partial charge in [0.05, 0.1) is 11.5 Å². The van der Waals surface area contributed by atoms with Crippen LogP contribution >= 0.6 is 0 Å². The van der Waals surface area contributed by atoms with Crippen LogP contribution in [0.25, 0.3) is 0 Å². The van der Waals surface area contributed by atoms with Crippen LogP contribution < -0.4 is 0 Å². The molecule has 0 aromatic carbocycles. The van der Waals surface area contributed by atoms with Crippen molar-refractivity contribution in [3.63, 3.8) is 0 Å². The van der Waals surface area contributed by atoms with Crippen LogP contribution in [-0.2, 0) is 0 Å². The minimum atomic E-state index is -0.785. The van der Waals surface area contributed by atoms with E-state index in [1.165, 1.54) is 6.42 Å². The molecule has 2 saturated carbocycles. The van der Waals surface area contributed by atoms with Gasteiger partial charge in [-0.25, -0.2) is 0 Å². The lowest BCUT2D eigenvalue weighted by atomic mass is 9.80. The van der Waals surface area contributed by atoms with Crippen LogP contribution in [0.15, 0.2) is 16.5 Å². The maximum Gasteiger partial charge on any atom is 0.134 e. The molecule has 3 rings (SSSR count). The van der Waals surface area contributed by atoms with Crippen molar-refractivity contribution in [2.75, 3.05) is 0 Å². The normalized spacial score (nSPS) is 37.6. The summed E-state index contributed by atoms with van der Waals surface area (Å²) in [4.78, 5) is 0. The molecule has 5 atom stereocenters. The molecule has 2 aliphatic rings. The molecule has 0 amide bonds. The number of aliphatic hydroxyl groups is 1. The Morgan fingerprint density at radius 2 is 2.30 bits per heavy atom. The molecule has 1 aromatic heterocycles. The minimum absolute atomic E-state index is 0.515. The smallest absolute Gasteiger partial charge is 0.134 e. The van der Waals surface area contributed by atoms with Gasteiger partial charge >= 0.3 is 0 Å². The summed E-state index contributed by atoms with van der Waals surface area (Å²) in [6, 6.07) is 6.23. The first kappa shape index (κ1) is 13.7. The predicted octanol–water partition coefficient (Wildman–Crippen LogP) is 4.16. The number of hydrogen-bond acceptors (Lipinski definition) is 3. The summed E-state index contributed by atoms with van der Waals surface area (Å²) >= 11 is 0. The van der Waals surface area contributed by atoms with Gasteiger partial charge in [-0.1, -0.05) is 20.3 Å². The van der Waals surface area contributed by atoms with Crippen molar-refractivity contribution >= 4 is 0 Å². The summed E-state index contributed by atoms with van der Waals surface area (Å²) in [5.74, 6) is 3.32. The lowest BCUT2D eigenvalue weighted by molar-refractivity contribution is 0.0440. The summed E-state index contributed by atoms with van der Waals surface area (Å²) in [6.07, 6.45) is 4.07. The van der Waals surface area contributed by atoms with E-state index in [0.717, 1.165) is 31.4 Å². The maximum absolute atomic E-state index is 10.6. The van der Waals surface area contributed by atoms with Crippen LogP contribution in [0.2, 0.25) is 0 Å². The molecular formula is C17H23NO2. The molecule has 2 aliphatic carbocycles. The van der Waals surface area contributed by atoms with E-state index in [2.05, 4.69) is 19.9 Å². The number of nitriles is 1. The molecule has 3 nitrogen and oxygen atoms in total. The Hall–Kier alpha value is -1.27. The topological polar surface area (TPSA) is 57.2 Å². The van der Waals surface area contributed by atoms with Crippen molar-refractivity contribution in [2.45, 2.75) is 58.0 Å². The highest BCUT2D eigenvalue weighted by atomic mass is 16.4. The second-order valence-electron chi connectivity index (χ2n) is 6.75. The van der Waals surface area contributed by atoms with E-state index in [1.807, 2.05) is 12.1 Å². The molecule has 1 heterocycles. The summed E-state index contributed by atoms with van der Waals surface area (Å²) in [5.41, 5.74) is -0.648. The molecule has 20 heavy (non-hydrogen) atoms. The molecule has 0 saturated heterocycles. The highest BCUT2D eigenvalue weighted by Crippen LogP contribution is 2.52. The third-order valence-electron chi connectivity index (χ3n) is 5.37. The molecule has 108 valence electrons. The van der Waals surface area contributed by atoms with Crippen LogP contribution in [-0.4, -0.2) is 5.11 Å². The van der Waals surface area contributed by atoms with Gasteiger partial charge in [0, 0.05) is 5.92 Å². The maximum atomic E-state index is 10.6. The van der Waals surface area contributed by atoms with Crippen molar-refractivity contribution in [2.24, 2.45) is 17.3 Å². The SMILES string of the molecule is CCC1CCC(C#N)(C(O)c2ccc(C3CC3C)o2)C1. The predicted molar refractivity (Wildman–Crippen MR) is 75.9 cm³/mol. The monoisotopic (exact) mass is 273 g/mol. The fraction of sp³-hybridized carbons (Fsp3) is 0.706. The average Bonchev–Trinajstić information content (AvgIpc) is 2.92. The standard InChI is InChI=1S/C17H23NO2/c1-3-12-6-7-17(9-12,10-18)16(19)15-5-4-14(20-15)13-8-11(13)2/h4-5,11-13,16,19H,3,6-9H2,1-2H3. The Kier molecular flexibility index (Phi) is 3.38. The number of hydrogen-bond donors (Lipinski definition) is 1. The third-order valence-corrected chi connectivity index (χ3v) is 5.37. The fourth-order valence-electron chi connectivity index (χ4n) is 3.65. The van der Waals surface area contributed by atoms with Gasteiger partial charge < -0.3 is 9.52 Å². The lowest BCUT2D eigenvalue weighted by Crippen LogP contribution is -2.24. The summed E-state index contributed by atoms with van der Waals surface area (Å²) in [7, 11) is 0. The molecule has 0 radical (unpaired) electrons. The Balaban J connectivity index is 1.79. The zero-order valence-electron chi connectivity index (χ0n) is 12.3. The molecule has 5 unspecified atom stereocenters. The van der Waals surface area contributed by atoms with Crippen LogP contribution in [0.4, 0.5) is 0 Å². The number of furan rings is 1. The Labute approximate surface area is 120 Å². The minimum Gasteiger partial charge on any atom is -0.463 e. The molecule has 0 aliphatic heterocycles. The van der Waals surface area contributed by atoms with E-state index < -0.39 is 11.5 Å². The van der Waals surface area contributed by atoms with E-state index in [0.29, 0.717) is 23.5 Å². The summed E-state index contributed by atoms with van der Waals surface area (Å²) in [5, 5.41) is 20.2. The van der Waals surface area contributed by atoms with Gasteiger partial charge in [-0.15, -0.1) is 0 Å². The van der Waals surface area contributed by atoms with Crippen LogP contribution in [0.3, 0.4) is 0 Å². The van der Waals surface area contributed by atoms with Crippen molar-refractivity contribution < 1.29 is 9.52 Å². The average molecular weight is 273 g/mol. The van der Waals surface area contributed by atoms with E-state index in [9.17, 15) is 10.4 Å². The number of aliphatic hydroxyl groups excluding tert-OH is 1. The zero-order chi connectivity index (χ0) is 14.3. The van der Waals surface area contributed by atoms with E-state index >= 15 is 0 Å². The molecule has 0 spiro atoms. The van der Waals surface area contributed by atoms with Gasteiger partial charge in [-0.3, -0.25) is 0 Å². The Bertz CT molecular complexity index is 529. The van der Waals surface area contributed by atoms with E-state index in [4.69, 9.17) is 4.42 Å². The quantitative estimate of drug-likeness (QED) is 0.896. The van der Waals surface area contributed by atoms with Crippen molar-refractivity contribution in [3.05, 3.63) is 23.7 Å². The second kappa shape index (κ2) is 4.93. The van der Waals surface area contributed by atoms with Crippen LogP contribution in [0.1, 0.15) is 69.5 Å². The van der Waals surface area contributed by atoms with Crippen molar-refractivity contribution in [3.8, 4) is 6.07 Å². The first-order valence-corrected chi connectivity index (χ1v) is 7.78. The summed E-state index contributed by atoms with van der Waals surface area (Å²) < 4.78 is 5.85. The molecule has 1 aromatic rings. The largest absolute Gasteiger partial charge is 0.463 e. The lowest BCUT2D eigenvalue weighted by Gasteiger charge is -2.25. The van der Waals surface area contributed by atoms with Gasteiger partial charge in [-0.05, 0) is 49.7 Å².